The SMILES string of the molecule is CCC=CC(C(=O)O)C(C)C1CC1. The summed E-state index contributed by atoms with van der Waals surface area (Å²) in [5.74, 6) is 0.0134. The first-order chi connectivity index (χ1) is 6.16. The van der Waals surface area contributed by atoms with Crippen molar-refractivity contribution >= 4 is 5.97 Å². The van der Waals surface area contributed by atoms with Gasteiger partial charge in [0.25, 0.3) is 0 Å². The second kappa shape index (κ2) is 4.45. The first-order valence-electron chi connectivity index (χ1n) is 5.06. The van der Waals surface area contributed by atoms with Crippen LogP contribution in [-0.2, 0) is 4.79 Å². The molecule has 1 aliphatic carbocycles. The second-order valence-electron chi connectivity index (χ2n) is 3.90. The molecule has 1 rings (SSSR count). The third kappa shape index (κ3) is 2.87. The molecule has 2 unspecified atom stereocenters. The Morgan fingerprint density at radius 3 is 2.62 bits per heavy atom. The van der Waals surface area contributed by atoms with E-state index in [0.29, 0.717) is 11.8 Å². The normalized spacial score (nSPS) is 21.7. The number of hydrogen-bond acceptors (Lipinski definition) is 1. The van der Waals surface area contributed by atoms with E-state index in [4.69, 9.17) is 5.11 Å². The average Bonchev–Trinajstić information content (AvgIpc) is 2.86. The minimum Gasteiger partial charge on any atom is -0.481 e. The highest BCUT2D eigenvalue weighted by molar-refractivity contribution is 5.72. The summed E-state index contributed by atoms with van der Waals surface area (Å²) in [4.78, 5) is 10.9. The summed E-state index contributed by atoms with van der Waals surface area (Å²) in [5, 5.41) is 9.00. The van der Waals surface area contributed by atoms with Crippen molar-refractivity contribution < 1.29 is 9.90 Å². The van der Waals surface area contributed by atoms with Crippen molar-refractivity contribution in [2.24, 2.45) is 17.8 Å². The predicted molar refractivity (Wildman–Crippen MR) is 52.4 cm³/mol. The van der Waals surface area contributed by atoms with Crippen LogP contribution in [0, 0.1) is 17.8 Å². The van der Waals surface area contributed by atoms with Crippen LogP contribution in [0.2, 0.25) is 0 Å². The predicted octanol–water partition coefficient (Wildman–Crippen LogP) is 2.70. The fourth-order valence-corrected chi connectivity index (χ4v) is 1.68. The molecular formula is C11H18O2. The summed E-state index contributed by atoms with van der Waals surface area (Å²) < 4.78 is 0. The number of carboxylic acid groups (broad SMARTS) is 1. The molecule has 1 saturated carbocycles. The first-order valence-corrected chi connectivity index (χ1v) is 5.06. The molecule has 2 nitrogen and oxygen atoms in total. The van der Waals surface area contributed by atoms with Crippen molar-refractivity contribution in [1.82, 2.24) is 0 Å². The molecule has 1 fully saturated rings. The van der Waals surface area contributed by atoms with E-state index in [0.717, 1.165) is 6.42 Å². The van der Waals surface area contributed by atoms with E-state index in [1.165, 1.54) is 12.8 Å². The molecule has 0 aromatic carbocycles. The third-order valence-electron chi connectivity index (χ3n) is 2.80. The molecule has 0 aromatic rings. The van der Waals surface area contributed by atoms with Crippen LogP contribution in [0.1, 0.15) is 33.1 Å². The molecule has 74 valence electrons. The third-order valence-corrected chi connectivity index (χ3v) is 2.80. The summed E-state index contributed by atoms with van der Waals surface area (Å²) in [6.07, 6.45) is 7.15. The quantitative estimate of drug-likeness (QED) is 0.664. The minimum absolute atomic E-state index is 0.271. The lowest BCUT2D eigenvalue weighted by Gasteiger charge is -2.15. The van der Waals surface area contributed by atoms with E-state index in [2.05, 4.69) is 6.92 Å². The van der Waals surface area contributed by atoms with Crippen LogP contribution in [0.15, 0.2) is 12.2 Å². The number of carbonyl (C=O) groups is 1. The van der Waals surface area contributed by atoms with Gasteiger partial charge in [0.15, 0.2) is 0 Å². The summed E-state index contributed by atoms with van der Waals surface area (Å²) in [6, 6.07) is 0. The minimum atomic E-state index is -0.677. The molecule has 0 radical (unpaired) electrons. The van der Waals surface area contributed by atoms with Crippen LogP contribution < -0.4 is 0 Å². The van der Waals surface area contributed by atoms with Gasteiger partial charge in [-0.3, -0.25) is 4.79 Å². The largest absolute Gasteiger partial charge is 0.481 e. The lowest BCUT2D eigenvalue weighted by atomic mass is 9.89. The molecular weight excluding hydrogens is 164 g/mol. The smallest absolute Gasteiger partial charge is 0.310 e. The van der Waals surface area contributed by atoms with Gasteiger partial charge < -0.3 is 5.11 Å². The maximum atomic E-state index is 10.9. The van der Waals surface area contributed by atoms with Crippen LogP contribution in [-0.4, -0.2) is 11.1 Å². The molecule has 0 aliphatic heterocycles. The van der Waals surface area contributed by atoms with Gasteiger partial charge in [0.05, 0.1) is 5.92 Å². The first kappa shape index (κ1) is 10.3. The molecule has 2 atom stereocenters. The Morgan fingerprint density at radius 1 is 1.62 bits per heavy atom. The number of carboxylic acids is 1. The van der Waals surface area contributed by atoms with Crippen LogP contribution in [0.4, 0.5) is 0 Å². The van der Waals surface area contributed by atoms with Crippen molar-refractivity contribution in [3.05, 3.63) is 12.2 Å². The van der Waals surface area contributed by atoms with E-state index in [9.17, 15) is 4.79 Å². The van der Waals surface area contributed by atoms with Crippen molar-refractivity contribution in [3.63, 3.8) is 0 Å². The molecule has 1 aliphatic rings. The van der Waals surface area contributed by atoms with E-state index in [1.807, 2.05) is 19.1 Å². The molecule has 0 heterocycles. The molecule has 2 heteroatoms. The molecule has 0 spiro atoms. The highest BCUT2D eigenvalue weighted by atomic mass is 16.4. The van der Waals surface area contributed by atoms with Gasteiger partial charge in [-0.1, -0.05) is 26.0 Å². The van der Waals surface area contributed by atoms with Crippen molar-refractivity contribution in [1.29, 1.82) is 0 Å². The van der Waals surface area contributed by atoms with Crippen LogP contribution in [0.25, 0.3) is 0 Å². The molecule has 0 bridgehead atoms. The lowest BCUT2D eigenvalue weighted by Crippen LogP contribution is -2.20. The monoisotopic (exact) mass is 182 g/mol. The summed E-state index contributed by atoms with van der Waals surface area (Å²) >= 11 is 0. The summed E-state index contributed by atoms with van der Waals surface area (Å²) in [6.45, 7) is 4.08. The van der Waals surface area contributed by atoms with Gasteiger partial charge in [-0.15, -0.1) is 0 Å². The average molecular weight is 182 g/mol. The fraction of sp³-hybridized carbons (Fsp3) is 0.727. The maximum absolute atomic E-state index is 10.9. The Bertz CT molecular complexity index is 204. The molecule has 0 saturated heterocycles. The van der Waals surface area contributed by atoms with Crippen molar-refractivity contribution in [2.75, 3.05) is 0 Å². The Kier molecular flexibility index (Phi) is 3.52. The highest BCUT2D eigenvalue weighted by Gasteiger charge is 2.35. The topological polar surface area (TPSA) is 37.3 Å². The lowest BCUT2D eigenvalue weighted by molar-refractivity contribution is -0.141. The Morgan fingerprint density at radius 2 is 2.23 bits per heavy atom. The zero-order chi connectivity index (χ0) is 9.84. The number of allylic oxidation sites excluding steroid dienone is 1. The Hall–Kier alpha value is -0.790. The van der Waals surface area contributed by atoms with Gasteiger partial charge in [0, 0.05) is 0 Å². The van der Waals surface area contributed by atoms with Crippen molar-refractivity contribution in [2.45, 2.75) is 33.1 Å². The molecule has 0 amide bonds. The van der Waals surface area contributed by atoms with Gasteiger partial charge in [-0.25, -0.2) is 0 Å². The molecule has 0 aromatic heterocycles. The number of hydrogen-bond donors (Lipinski definition) is 1. The maximum Gasteiger partial charge on any atom is 0.310 e. The highest BCUT2D eigenvalue weighted by Crippen LogP contribution is 2.40. The van der Waals surface area contributed by atoms with Crippen LogP contribution in [0.3, 0.4) is 0 Å². The van der Waals surface area contributed by atoms with Crippen LogP contribution in [0.5, 0.6) is 0 Å². The molecule has 13 heavy (non-hydrogen) atoms. The van der Waals surface area contributed by atoms with Gasteiger partial charge in [0.1, 0.15) is 0 Å². The Labute approximate surface area is 79.6 Å². The van der Waals surface area contributed by atoms with Crippen molar-refractivity contribution in [3.8, 4) is 0 Å². The molecule has 1 N–H and O–H groups in total. The summed E-state index contributed by atoms with van der Waals surface area (Å²) in [5.41, 5.74) is 0. The van der Waals surface area contributed by atoms with Crippen LogP contribution >= 0.6 is 0 Å². The van der Waals surface area contributed by atoms with E-state index in [-0.39, 0.29) is 5.92 Å². The zero-order valence-electron chi connectivity index (χ0n) is 8.36. The van der Waals surface area contributed by atoms with E-state index >= 15 is 0 Å². The summed E-state index contributed by atoms with van der Waals surface area (Å²) in [7, 11) is 0. The van der Waals surface area contributed by atoms with Gasteiger partial charge >= 0.3 is 5.97 Å². The zero-order valence-corrected chi connectivity index (χ0v) is 8.36. The fourth-order valence-electron chi connectivity index (χ4n) is 1.68. The van der Waals surface area contributed by atoms with E-state index in [1.54, 1.807) is 0 Å². The second-order valence-corrected chi connectivity index (χ2v) is 3.90. The van der Waals surface area contributed by atoms with Gasteiger partial charge in [-0.2, -0.15) is 0 Å². The number of aliphatic carboxylic acids is 1. The number of rotatable bonds is 5. The Balaban J connectivity index is 2.54. The van der Waals surface area contributed by atoms with Gasteiger partial charge in [0.2, 0.25) is 0 Å². The van der Waals surface area contributed by atoms with Gasteiger partial charge in [-0.05, 0) is 31.1 Å². The van der Waals surface area contributed by atoms with E-state index < -0.39 is 5.97 Å². The standard InChI is InChI=1S/C11H18O2/c1-3-4-5-10(11(12)13)8(2)9-6-7-9/h4-5,8-10H,3,6-7H2,1-2H3,(H,12,13).